The predicted octanol–water partition coefficient (Wildman–Crippen LogP) is 2.28. The van der Waals surface area contributed by atoms with Crippen LogP contribution in [-0.4, -0.2) is 57.5 Å². The molecule has 0 aromatic carbocycles. The fraction of sp³-hybridized carbons (Fsp3) is 0.500. The van der Waals surface area contributed by atoms with Crippen LogP contribution >= 0.6 is 24.4 Å². The lowest BCUT2D eigenvalue weighted by Crippen LogP contribution is -2.44. The van der Waals surface area contributed by atoms with E-state index >= 15 is 0 Å². The molecule has 1 aromatic heterocycles. The molecule has 0 fully saturated rings. The van der Waals surface area contributed by atoms with Crippen molar-refractivity contribution in [1.29, 1.82) is 0 Å². The molecule has 0 aliphatic carbocycles. The van der Waals surface area contributed by atoms with Gasteiger partial charge in [0.15, 0.2) is 0 Å². The first kappa shape index (κ1) is 25.9. The minimum Gasteiger partial charge on any atom is -0.456 e. The molecule has 0 saturated carbocycles. The number of pyridine rings is 1. The lowest BCUT2D eigenvalue weighted by atomic mass is 10.2. The Morgan fingerprint density at radius 3 is 2.78 bits per heavy atom. The number of aliphatic imine (C=N–C) groups is 1. The van der Waals surface area contributed by atoms with Gasteiger partial charge in [-0.15, -0.1) is 11.8 Å². The van der Waals surface area contributed by atoms with E-state index < -0.39 is 30.1 Å². The number of carbonyl (C=O) groups is 3. The van der Waals surface area contributed by atoms with Crippen molar-refractivity contribution < 1.29 is 19.1 Å². The smallest absolute Gasteiger partial charge is 0.328 e. The Hall–Kier alpha value is -2.33. The van der Waals surface area contributed by atoms with Crippen molar-refractivity contribution >= 4 is 47.2 Å². The molecule has 1 aliphatic heterocycles. The summed E-state index contributed by atoms with van der Waals surface area (Å²) in [7, 11) is 0. The summed E-state index contributed by atoms with van der Waals surface area (Å²) < 4.78 is 5.49. The van der Waals surface area contributed by atoms with Gasteiger partial charge in [-0.1, -0.05) is 19.1 Å². The highest BCUT2D eigenvalue weighted by atomic mass is 32.2. The summed E-state index contributed by atoms with van der Waals surface area (Å²) in [6.45, 7) is 5.42. The number of aromatic nitrogens is 1. The van der Waals surface area contributed by atoms with E-state index in [0.717, 1.165) is 5.75 Å². The molecule has 32 heavy (non-hydrogen) atoms. The lowest BCUT2D eigenvalue weighted by molar-refractivity contribution is -0.151. The second-order valence-electron chi connectivity index (χ2n) is 7.18. The topological polar surface area (TPSA) is 110 Å². The molecule has 1 aromatic rings. The largest absolute Gasteiger partial charge is 0.456 e. The van der Waals surface area contributed by atoms with Crippen LogP contribution in [0, 0.1) is 0 Å². The number of hydrogen-bond acceptors (Lipinski definition) is 8. The lowest BCUT2D eigenvalue weighted by Gasteiger charge is -2.20. The van der Waals surface area contributed by atoms with Crippen molar-refractivity contribution in [3.8, 4) is 0 Å². The first-order chi connectivity index (χ1) is 15.3. The van der Waals surface area contributed by atoms with E-state index in [1.54, 1.807) is 19.9 Å². The molecule has 174 valence electrons. The van der Waals surface area contributed by atoms with Crippen LogP contribution in [0.5, 0.6) is 0 Å². The highest BCUT2D eigenvalue weighted by molar-refractivity contribution is 8.14. The van der Waals surface area contributed by atoms with Crippen LogP contribution in [0.25, 0.3) is 0 Å². The minimum atomic E-state index is -0.888. The predicted molar refractivity (Wildman–Crippen MR) is 130 cm³/mol. The van der Waals surface area contributed by atoms with E-state index in [9.17, 15) is 14.4 Å². The molecule has 2 heterocycles. The van der Waals surface area contributed by atoms with E-state index in [0.29, 0.717) is 28.6 Å². The second kappa shape index (κ2) is 13.3. The molecule has 3 atom stereocenters. The standard InChI is InChI=1S/C22H30N4O4S2/c1-4-32-21-18-10-7-8-16(26-18)13-23-19(27)12-17(9-5-6-11-31)30-22(29)15(3)24-20(28)14(2)25-21/h5,7-10,14-15,17,31H,4,6,11-13H2,1-3H3,(H,23,27)(H,24,28)/b9-5+,25-21?/t14-,15+,17-/m1/s1. The van der Waals surface area contributed by atoms with Crippen LogP contribution in [0.2, 0.25) is 0 Å². The third kappa shape index (κ3) is 8.31. The number of hydrogen-bond donors (Lipinski definition) is 3. The summed E-state index contributed by atoms with van der Waals surface area (Å²) in [5.74, 6) is 0.0893. The van der Waals surface area contributed by atoms with Gasteiger partial charge in [-0.05, 0) is 50.0 Å². The molecular weight excluding hydrogens is 448 g/mol. The van der Waals surface area contributed by atoms with Gasteiger partial charge in [0.05, 0.1) is 24.4 Å². The third-order valence-electron chi connectivity index (χ3n) is 4.48. The van der Waals surface area contributed by atoms with Crippen molar-refractivity contribution in [1.82, 2.24) is 15.6 Å². The van der Waals surface area contributed by atoms with Gasteiger partial charge in [-0.3, -0.25) is 14.6 Å². The number of ether oxygens (including phenoxy) is 1. The molecule has 0 radical (unpaired) electrons. The Kier molecular flexibility index (Phi) is 10.8. The summed E-state index contributed by atoms with van der Waals surface area (Å²) in [4.78, 5) is 46.8. The van der Waals surface area contributed by atoms with Gasteiger partial charge in [-0.25, -0.2) is 9.78 Å². The summed E-state index contributed by atoms with van der Waals surface area (Å²) in [5.41, 5.74) is 1.30. The van der Waals surface area contributed by atoms with Gasteiger partial charge in [0.1, 0.15) is 23.2 Å². The zero-order chi connectivity index (χ0) is 23.5. The zero-order valence-corrected chi connectivity index (χ0v) is 20.2. The van der Waals surface area contributed by atoms with Crippen LogP contribution < -0.4 is 10.6 Å². The number of thioether (sulfide) groups is 1. The molecular formula is C22H30N4O4S2. The first-order valence-corrected chi connectivity index (χ1v) is 12.2. The fourth-order valence-corrected chi connectivity index (χ4v) is 3.72. The number of nitrogens with zero attached hydrogens (tertiary/aromatic N) is 2. The van der Waals surface area contributed by atoms with Crippen molar-refractivity contribution in [2.45, 2.75) is 58.3 Å². The van der Waals surface area contributed by atoms with Gasteiger partial charge < -0.3 is 15.4 Å². The molecule has 0 unspecified atom stereocenters. The maximum Gasteiger partial charge on any atom is 0.328 e. The Labute approximate surface area is 198 Å². The number of fused-ring (bicyclic) bond motifs is 2. The SMILES string of the molecule is CCSC1=N[C@H](C)C(=O)N[C@@H](C)C(=O)O[C@H](/C=C/CCS)CC(=O)NCc2cccc1n2. The van der Waals surface area contributed by atoms with Gasteiger partial charge >= 0.3 is 5.97 Å². The van der Waals surface area contributed by atoms with E-state index in [4.69, 9.17) is 4.74 Å². The average molecular weight is 479 g/mol. The number of allylic oxidation sites excluding steroid dienone is 1. The van der Waals surface area contributed by atoms with E-state index in [1.165, 1.54) is 11.8 Å². The third-order valence-corrected chi connectivity index (χ3v) is 5.61. The Morgan fingerprint density at radius 2 is 2.06 bits per heavy atom. The molecule has 0 saturated heterocycles. The normalized spacial score (nSPS) is 23.3. The summed E-state index contributed by atoms with van der Waals surface area (Å²) in [5, 5.41) is 6.09. The summed E-state index contributed by atoms with van der Waals surface area (Å²) in [6, 6.07) is 3.87. The molecule has 0 spiro atoms. The average Bonchev–Trinajstić information content (AvgIpc) is 2.76. The highest BCUT2D eigenvalue weighted by Gasteiger charge is 2.24. The number of carbonyl (C=O) groups excluding carboxylic acids is 3. The van der Waals surface area contributed by atoms with Crippen molar-refractivity contribution in [3.63, 3.8) is 0 Å². The maximum atomic E-state index is 12.6. The van der Waals surface area contributed by atoms with Crippen LogP contribution in [0.1, 0.15) is 45.0 Å². The zero-order valence-electron chi connectivity index (χ0n) is 18.5. The molecule has 1 aliphatic rings. The number of amides is 2. The van der Waals surface area contributed by atoms with Crippen LogP contribution in [0.15, 0.2) is 35.3 Å². The van der Waals surface area contributed by atoms with E-state index in [1.807, 2.05) is 31.2 Å². The van der Waals surface area contributed by atoms with Gasteiger partial charge in [0, 0.05) is 0 Å². The number of rotatable bonds is 4. The van der Waals surface area contributed by atoms with E-state index in [2.05, 4.69) is 33.2 Å². The Balaban J connectivity index is 2.35. The molecule has 2 rings (SSSR count). The van der Waals surface area contributed by atoms with Gasteiger partial charge in [0.25, 0.3) is 0 Å². The van der Waals surface area contributed by atoms with Crippen molar-refractivity contribution in [2.24, 2.45) is 4.99 Å². The van der Waals surface area contributed by atoms with Crippen molar-refractivity contribution in [3.05, 3.63) is 41.7 Å². The summed E-state index contributed by atoms with van der Waals surface area (Å²) in [6.07, 6.45) is 3.37. The molecule has 2 N–H and O–H groups in total. The quantitative estimate of drug-likeness (QED) is 0.348. The second-order valence-corrected chi connectivity index (χ2v) is 8.88. The van der Waals surface area contributed by atoms with Crippen LogP contribution in [0.3, 0.4) is 0 Å². The van der Waals surface area contributed by atoms with Crippen LogP contribution in [0.4, 0.5) is 0 Å². The highest BCUT2D eigenvalue weighted by Crippen LogP contribution is 2.15. The molecule has 8 nitrogen and oxygen atoms in total. The Bertz CT molecular complexity index is 875. The van der Waals surface area contributed by atoms with E-state index in [-0.39, 0.29) is 18.9 Å². The molecule has 2 amide bonds. The van der Waals surface area contributed by atoms with Crippen LogP contribution in [-0.2, 0) is 25.7 Å². The molecule has 10 heteroatoms. The Morgan fingerprint density at radius 1 is 1.28 bits per heavy atom. The number of nitrogens with one attached hydrogen (secondary N) is 2. The van der Waals surface area contributed by atoms with Gasteiger partial charge in [0.2, 0.25) is 11.8 Å². The van der Waals surface area contributed by atoms with Crippen molar-refractivity contribution in [2.75, 3.05) is 11.5 Å². The minimum absolute atomic E-state index is 0.0377. The molecule has 2 bridgehead atoms. The maximum absolute atomic E-state index is 12.6. The number of thiol groups is 1. The summed E-state index contributed by atoms with van der Waals surface area (Å²) >= 11 is 5.63. The van der Waals surface area contributed by atoms with Gasteiger partial charge in [-0.2, -0.15) is 12.6 Å². The fourth-order valence-electron chi connectivity index (χ4n) is 2.81. The first-order valence-electron chi connectivity index (χ1n) is 10.6. The number of cyclic esters (lactones) is 1. The number of esters is 1. The monoisotopic (exact) mass is 478 g/mol.